The fourth-order valence-electron chi connectivity index (χ4n) is 2.83. The number of hydrogen-bond donors (Lipinski definition) is 3. The van der Waals surface area contributed by atoms with Crippen LogP contribution < -0.4 is 0 Å². The van der Waals surface area contributed by atoms with E-state index in [0.29, 0.717) is 6.42 Å². The normalized spacial score (nSPS) is 34.9. The third kappa shape index (κ3) is 9.08. The van der Waals surface area contributed by atoms with Gasteiger partial charge in [0.1, 0.15) is 12.2 Å². The number of carbonyl (C=O) groups excluding carboxylic acids is 1. The van der Waals surface area contributed by atoms with Crippen LogP contribution in [0.15, 0.2) is 12.2 Å². The van der Waals surface area contributed by atoms with Gasteiger partial charge in [0.2, 0.25) is 0 Å². The largest absolute Gasteiger partial charge is 0.460 e. The molecule has 1 aliphatic rings. The van der Waals surface area contributed by atoms with Crippen LogP contribution in [0.1, 0.15) is 71.1 Å². The minimum atomic E-state index is -1.28. The van der Waals surface area contributed by atoms with Gasteiger partial charge in [0.15, 0.2) is 0 Å². The molecular formula is C18H32O5. The van der Waals surface area contributed by atoms with Crippen LogP contribution in [-0.4, -0.2) is 45.7 Å². The summed E-state index contributed by atoms with van der Waals surface area (Å²) in [6, 6.07) is 0. The lowest BCUT2D eigenvalue weighted by atomic mass is 10.00. The van der Waals surface area contributed by atoms with Gasteiger partial charge in [-0.1, -0.05) is 44.9 Å². The van der Waals surface area contributed by atoms with E-state index >= 15 is 0 Å². The molecule has 1 heterocycles. The van der Waals surface area contributed by atoms with E-state index in [9.17, 15) is 20.1 Å². The van der Waals surface area contributed by atoms with Gasteiger partial charge in [0.25, 0.3) is 0 Å². The highest BCUT2D eigenvalue weighted by atomic mass is 16.5. The quantitative estimate of drug-likeness (QED) is 0.595. The lowest BCUT2D eigenvalue weighted by Gasteiger charge is -2.21. The summed E-state index contributed by atoms with van der Waals surface area (Å²) >= 11 is 0. The smallest absolute Gasteiger partial charge is 0.330 e. The molecule has 0 spiro atoms. The molecule has 0 aromatic heterocycles. The first-order valence-electron chi connectivity index (χ1n) is 8.93. The first kappa shape index (κ1) is 20.1. The number of hydrogen-bond acceptors (Lipinski definition) is 5. The highest BCUT2D eigenvalue weighted by molar-refractivity contribution is 5.82. The van der Waals surface area contributed by atoms with Gasteiger partial charge >= 0.3 is 5.97 Å². The Kier molecular flexibility index (Phi) is 10.2. The zero-order valence-electron chi connectivity index (χ0n) is 14.2. The van der Waals surface area contributed by atoms with Gasteiger partial charge in [-0.3, -0.25) is 0 Å². The van der Waals surface area contributed by atoms with Crippen LogP contribution >= 0.6 is 0 Å². The molecule has 0 bridgehead atoms. The number of esters is 1. The van der Waals surface area contributed by atoms with E-state index in [-0.39, 0.29) is 6.10 Å². The molecule has 4 atom stereocenters. The molecule has 0 aromatic carbocycles. The summed E-state index contributed by atoms with van der Waals surface area (Å²) in [5.41, 5.74) is 0. The molecule has 5 heteroatoms. The summed E-state index contributed by atoms with van der Waals surface area (Å²) in [5, 5.41) is 29.6. The number of aliphatic hydroxyl groups excluding tert-OH is 3. The molecule has 0 fully saturated rings. The molecule has 0 saturated carbocycles. The van der Waals surface area contributed by atoms with E-state index in [2.05, 4.69) is 0 Å². The van der Waals surface area contributed by atoms with Crippen LogP contribution in [0, 0.1) is 0 Å². The molecule has 0 amide bonds. The zero-order valence-corrected chi connectivity index (χ0v) is 14.2. The van der Waals surface area contributed by atoms with Crippen LogP contribution in [-0.2, 0) is 9.53 Å². The average Bonchev–Trinajstić information content (AvgIpc) is 2.52. The fourth-order valence-corrected chi connectivity index (χ4v) is 2.83. The molecule has 23 heavy (non-hydrogen) atoms. The number of cyclic esters (lactones) is 1. The van der Waals surface area contributed by atoms with Crippen molar-refractivity contribution < 1.29 is 24.9 Å². The van der Waals surface area contributed by atoms with Crippen molar-refractivity contribution in [3.8, 4) is 0 Å². The standard InChI is InChI=1S/C18H32O5/c1-14-10-8-6-4-2-3-5-7-9-11-15(19)18(22)16(20)12-13-17(21)23-14/h12-16,18-20,22H,2-11H2,1H3/b13-12+/t14-,15+,16+,18?/m0/s1. The van der Waals surface area contributed by atoms with Crippen LogP contribution in [0.2, 0.25) is 0 Å². The molecule has 1 unspecified atom stereocenters. The SMILES string of the molecule is C[C@H]1CCCCCCCCCC[C@@H](O)C(O)[C@H](O)/C=C/C(=O)O1. The maximum atomic E-state index is 11.7. The van der Waals surface area contributed by atoms with Gasteiger partial charge in [-0.05, 0) is 32.3 Å². The zero-order chi connectivity index (χ0) is 17.1. The van der Waals surface area contributed by atoms with Crippen molar-refractivity contribution in [2.45, 2.75) is 95.5 Å². The summed E-state index contributed by atoms with van der Waals surface area (Å²) in [5.74, 6) is -0.528. The lowest BCUT2D eigenvalue weighted by Crippen LogP contribution is -2.36. The van der Waals surface area contributed by atoms with Crippen molar-refractivity contribution in [1.29, 1.82) is 0 Å². The molecule has 1 aliphatic heterocycles. The minimum Gasteiger partial charge on any atom is -0.460 e. The molecule has 1 rings (SSSR count). The van der Waals surface area contributed by atoms with E-state index in [0.717, 1.165) is 44.6 Å². The maximum absolute atomic E-state index is 11.7. The third-order valence-corrected chi connectivity index (χ3v) is 4.35. The Balaban J connectivity index is 2.55. The Morgan fingerprint density at radius 1 is 0.913 bits per heavy atom. The highest BCUT2D eigenvalue weighted by Crippen LogP contribution is 2.15. The first-order valence-corrected chi connectivity index (χ1v) is 8.93. The molecule has 5 nitrogen and oxygen atoms in total. The van der Waals surface area contributed by atoms with Crippen molar-refractivity contribution >= 4 is 5.97 Å². The topological polar surface area (TPSA) is 87.0 Å². The highest BCUT2D eigenvalue weighted by Gasteiger charge is 2.22. The Labute approximate surface area is 139 Å². The predicted octanol–water partition coefficient (Wildman–Crippen LogP) is 2.47. The van der Waals surface area contributed by atoms with Gasteiger partial charge in [-0.25, -0.2) is 4.79 Å². The monoisotopic (exact) mass is 328 g/mol. The summed E-state index contributed by atoms with van der Waals surface area (Å²) in [7, 11) is 0. The number of carbonyl (C=O) groups is 1. The van der Waals surface area contributed by atoms with E-state index in [1.54, 1.807) is 0 Å². The van der Waals surface area contributed by atoms with E-state index < -0.39 is 24.3 Å². The number of aliphatic hydroxyl groups is 3. The van der Waals surface area contributed by atoms with Crippen molar-refractivity contribution in [1.82, 2.24) is 0 Å². The summed E-state index contributed by atoms with van der Waals surface area (Å²) < 4.78 is 5.23. The second kappa shape index (κ2) is 11.6. The molecular weight excluding hydrogens is 296 g/mol. The molecule has 134 valence electrons. The molecule has 0 aromatic rings. The summed E-state index contributed by atoms with van der Waals surface area (Å²) in [6.45, 7) is 1.86. The maximum Gasteiger partial charge on any atom is 0.330 e. The molecule has 0 radical (unpaired) electrons. The molecule has 0 saturated heterocycles. The van der Waals surface area contributed by atoms with Gasteiger partial charge in [-0.15, -0.1) is 0 Å². The molecule has 3 N–H and O–H groups in total. The predicted molar refractivity (Wildman–Crippen MR) is 88.9 cm³/mol. The van der Waals surface area contributed by atoms with Crippen LogP contribution in [0.25, 0.3) is 0 Å². The number of ether oxygens (including phenoxy) is 1. The molecule has 0 aliphatic carbocycles. The van der Waals surface area contributed by atoms with E-state index in [1.165, 1.54) is 25.3 Å². The number of rotatable bonds is 0. The van der Waals surface area contributed by atoms with Gasteiger partial charge in [0, 0.05) is 6.08 Å². The van der Waals surface area contributed by atoms with Crippen LogP contribution in [0.5, 0.6) is 0 Å². The average molecular weight is 328 g/mol. The third-order valence-electron chi connectivity index (χ3n) is 4.35. The Hall–Kier alpha value is -0.910. The van der Waals surface area contributed by atoms with Crippen molar-refractivity contribution in [3.05, 3.63) is 12.2 Å². The lowest BCUT2D eigenvalue weighted by molar-refractivity contribution is -0.142. The van der Waals surface area contributed by atoms with Crippen LogP contribution in [0.3, 0.4) is 0 Å². The van der Waals surface area contributed by atoms with Crippen molar-refractivity contribution in [2.75, 3.05) is 0 Å². The Bertz CT molecular complexity index is 355. The van der Waals surface area contributed by atoms with Crippen molar-refractivity contribution in [2.24, 2.45) is 0 Å². The summed E-state index contributed by atoms with van der Waals surface area (Å²) in [4.78, 5) is 11.7. The second-order valence-corrected chi connectivity index (χ2v) is 6.56. The second-order valence-electron chi connectivity index (χ2n) is 6.56. The fraction of sp³-hybridized carbons (Fsp3) is 0.833. The van der Waals surface area contributed by atoms with Gasteiger partial charge < -0.3 is 20.1 Å². The van der Waals surface area contributed by atoms with E-state index in [4.69, 9.17) is 4.74 Å². The first-order chi connectivity index (χ1) is 11.0. The van der Waals surface area contributed by atoms with Gasteiger partial charge in [0.05, 0.1) is 12.2 Å². The van der Waals surface area contributed by atoms with Crippen molar-refractivity contribution in [3.63, 3.8) is 0 Å². The van der Waals surface area contributed by atoms with E-state index in [1.807, 2.05) is 6.92 Å². The Morgan fingerprint density at radius 2 is 1.43 bits per heavy atom. The summed E-state index contributed by atoms with van der Waals surface area (Å²) in [6.07, 6.45) is 8.70. The van der Waals surface area contributed by atoms with Crippen LogP contribution in [0.4, 0.5) is 0 Å². The minimum absolute atomic E-state index is 0.154. The Morgan fingerprint density at radius 3 is 2.04 bits per heavy atom. The van der Waals surface area contributed by atoms with Gasteiger partial charge in [-0.2, -0.15) is 0 Å².